The number of H-pyrrole nitrogens is 1. The van der Waals surface area contributed by atoms with Crippen LogP contribution in [0.15, 0.2) is 60.1 Å². The van der Waals surface area contributed by atoms with Crippen LogP contribution >= 0.6 is 11.3 Å². The second-order valence-corrected chi connectivity index (χ2v) is 6.30. The first-order valence-corrected chi connectivity index (χ1v) is 8.60. The zero-order valence-corrected chi connectivity index (χ0v) is 14.3. The molecule has 4 rings (SSSR count). The number of thiazole rings is 1. The molecule has 124 valence electrons. The highest BCUT2D eigenvalue weighted by Crippen LogP contribution is 2.31. The van der Waals surface area contributed by atoms with Crippen LogP contribution in [-0.4, -0.2) is 23.0 Å². The highest BCUT2D eigenvalue weighted by molar-refractivity contribution is 7.14. The van der Waals surface area contributed by atoms with E-state index >= 15 is 0 Å². The Bertz CT molecular complexity index is 1050. The quantitative estimate of drug-likeness (QED) is 0.568. The molecule has 2 aromatic heterocycles. The predicted molar refractivity (Wildman–Crippen MR) is 100 cm³/mol. The minimum absolute atomic E-state index is 0.239. The van der Waals surface area contributed by atoms with E-state index in [4.69, 9.17) is 4.74 Å². The fourth-order valence-corrected chi connectivity index (χ4v) is 3.44. The highest BCUT2D eigenvalue weighted by Gasteiger charge is 2.15. The maximum atomic E-state index is 12.5. The van der Waals surface area contributed by atoms with Crippen molar-refractivity contribution in [2.24, 2.45) is 0 Å². The summed E-state index contributed by atoms with van der Waals surface area (Å²) in [7, 11) is 1.55. The number of amides is 1. The Kier molecular flexibility index (Phi) is 3.95. The van der Waals surface area contributed by atoms with Gasteiger partial charge in [-0.3, -0.25) is 10.1 Å². The van der Waals surface area contributed by atoms with Gasteiger partial charge in [0.2, 0.25) is 0 Å². The number of para-hydroxylation sites is 2. The summed E-state index contributed by atoms with van der Waals surface area (Å²) in [6.45, 7) is 0. The van der Waals surface area contributed by atoms with Crippen LogP contribution in [0.2, 0.25) is 0 Å². The van der Waals surface area contributed by atoms with Crippen molar-refractivity contribution in [2.45, 2.75) is 0 Å². The molecule has 2 N–H and O–H groups in total. The molecule has 0 saturated carbocycles. The van der Waals surface area contributed by atoms with E-state index in [0.717, 1.165) is 22.2 Å². The molecule has 0 aliphatic carbocycles. The third-order valence-corrected chi connectivity index (χ3v) is 4.70. The van der Waals surface area contributed by atoms with Crippen molar-refractivity contribution < 1.29 is 9.53 Å². The summed E-state index contributed by atoms with van der Waals surface area (Å²) in [6, 6.07) is 15.2. The average molecular weight is 349 g/mol. The van der Waals surface area contributed by atoms with E-state index in [0.29, 0.717) is 16.4 Å². The van der Waals surface area contributed by atoms with Crippen molar-refractivity contribution >= 4 is 33.3 Å². The number of nitrogens with zero attached hydrogens (tertiary/aromatic N) is 1. The molecule has 4 aromatic rings. The fourth-order valence-electron chi connectivity index (χ4n) is 2.73. The maximum absolute atomic E-state index is 12.5. The summed E-state index contributed by atoms with van der Waals surface area (Å²) in [5.41, 5.74) is 3.39. The molecule has 0 aliphatic rings. The third-order valence-electron chi connectivity index (χ3n) is 3.94. The van der Waals surface area contributed by atoms with Crippen LogP contribution in [0.4, 0.5) is 5.13 Å². The van der Waals surface area contributed by atoms with Gasteiger partial charge in [0.25, 0.3) is 5.91 Å². The summed E-state index contributed by atoms with van der Waals surface area (Å²) in [6.07, 6.45) is 1.94. The minimum Gasteiger partial charge on any atom is -0.496 e. The second-order valence-electron chi connectivity index (χ2n) is 5.44. The van der Waals surface area contributed by atoms with E-state index in [1.807, 2.05) is 41.9 Å². The number of carbonyl (C=O) groups excluding carboxylic acids is 1. The summed E-state index contributed by atoms with van der Waals surface area (Å²) < 4.78 is 5.23. The van der Waals surface area contributed by atoms with Crippen molar-refractivity contribution in [1.29, 1.82) is 0 Å². The van der Waals surface area contributed by atoms with Crippen LogP contribution in [0.5, 0.6) is 5.75 Å². The fraction of sp³-hybridized carbons (Fsp3) is 0.0526. The lowest BCUT2D eigenvalue weighted by atomic mass is 10.1. The monoisotopic (exact) mass is 349 g/mol. The Morgan fingerprint density at radius 3 is 2.84 bits per heavy atom. The number of hydrogen-bond acceptors (Lipinski definition) is 4. The molecular formula is C19H15N3O2S. The van der Waals surface area contributed by atoms with E-state index in [-0.39, 0.29) is 5.91 Å². The Morgan fingerprint density at radius 2 is 1.96 bits per heavy atom. The lowest BCUT2D eigenvalue weighted by molar-refractivity contribution is 0.102. The SMILES string of the molecule is COc1ccccc1C(=O)Nc1nc(-c2c[nH]c3ccccc23)cs1. The predicted octanol–water partition coefficient (Wildman–Crippen LogP) is 4.55. The Labute approximate surface area is 148 Å². The number of hydrogen-bond donors (Lipinski definition) is 2. The van der Waals surface area contributed by atoms with E-state index in [2.05, 4.69) is 15.3 Å². The minimum atomic E-state index is -0.239. The third kappa shape index (κ3) is 2.88. The largest absolute Gasteiger partial charge is 0.496 e. The second kappa shape index (κ2) is 6.41. The summed E-state index contributed by atoms with van der Waals surface area (Å²) >= 11 is 1.40. The van der Waals surface area contributed by atoms with Gasteiger partial charge in [-0.15, -0.1) is 11.3 Å². The van der Waals surface area contributed by atoms with Gasteiger partial charge in [-0.05, 0) is 18.2 Å². The number of methoxy groups -OCH3 is 1. The first-order chi connectivity index (χ1) is 12.3. The van der Waals surface area contributed by atoms with E-state index < -0.39 is 0 Å². The zero-order chi connectivity index (χ0) is 17.2. The number of nitrogens with one attached hydrogen (secondary N) is 2. The molecule has 25 heavy (non-hydrogen) atoms. The molecule has 0 fully saturated rings. The Morgan fingerprint density at radius 1 is 1.16 bits per heavy atom. The number of ether oxygens (including phenoxy) is 1. The summed E-state index contributed by atoms with van der Waals surface area (Å²) in [5.74, 6) is 0.297. The van der Waals surface area contributed by atoms with Gasteiger partial charge >= 0.3 is 0 Å². The van der Waals surface area contributed by atoms with Gasteiger partial charge in [0.1, 0.15) is 5.75 Å². The number of aromatic amines is 1. The van der Waals surface area contributed by atoms with Crippen LogP contribution in [-0.2, 0) is 0 Å². The van der Waals surface area contributed by atoms with Crippen LogP contribution in [0.3, 0.4) is 0 Å². The van der Waals surface area contributed by atoms with Gasteiger partial charge in [-0.2, -0.15) is 0 Å². The smallest absolute Gasteiger partial charge is 0.261 e. The molecular weight excluding hydrogens is 334 g/mol. The number of anilines is 1. The molecule has 2 heterocycles. The molecule has 5 nitrogen and oxygen atoms in total. The highest BCUT2D eigenvalue weighted by atomic mass is 32.1. The molecule has 1 amide bonds. The maximum Gasteiger partial charge on any atom is 0.261 e. The molecule has 0 atom stereocenters. The molecule has 2 aromatic carbocycles. The normalized spacial score (nSPS) is 10.8. The van der Waals surface area contributed by atoms with E-state index in [1.165, 1.54) is 11.3 Å². The van der Waals surface area contributed by atoms with Crippen molar-refractivity contribution in [3.8, 4) is 17.0 Å². The lowest BCUT2D eigenvalue weighted by Crippen LogP contribution is -2.12. The number of carbonyl (C=O) groups is 1. The number of benzene rings is 2. The number of fused-ring (bicyclic) bond motifs is 1. The Balaban J connectivity index is 1.60. The van der Waals surface area contributed by atoms with Gasteiger partial charge in [0.05, 0.1) is 18.4 Å². The average Bonchev–Trinajstić information content (AvgIpc) is 3.28. The molecule has 0 unspecified atom stereocenters. The first kappa shape index (κ1) is 15.4. The molecule has 0 radical (unpaired) electrons. The topological polar surface area (TPSA) is 67.0 Å². The number of aromatic nitrogens is 2. The molecule has 0 aliphatic heterocycles. The molecule has 0 bridgehead atoms. The summed E-state index contributed by atoms with van der Waals surface area (Å²) in [4.78, 5) is 20.3. The first-order valence-electron chi connectivity index (χ1n) is 7.72. The van der Waals surface area contributed by atoms with Crippen molar-refractivity contribution in [3.63, 3.8) is 0 Å². The molecule has 0 saturated heterocycles. The number of rotatable bonds is 4. The van der Waals surface area contributed by atoms with Gasteiger partial charge in [-0.1, -0.05) is 30.3 Å². The van der Waals surface area contributed by atoms with Gasteiger partial charge in [0.15, 0.2) is 5.13 Å². The van der Waals surface area contributed by atoms with Crippen molar-refractivity contribution in [2.75, 3.05) is 12.4 Å². The summed E-state index contributed by atoms with van der Waals surface area (Å²) in [5, 5.41) is 6.44. The van der Waals surface area contributed by atoms with Gasteiger partial charge in [0, 0.05) is 28.0 Å². The lowest BCUT2D eigenvalue weighted by Gasteiger charge is -2.07. The van der Waals surface area contributed by atoms with Crippen molar-refractivity contribution in [1.82, 2.24) is 9.97 Å². The standard InChI is InChI=1S/C19H15N3O2S/c1-24-17-9-5-3-7-13(17)18(23)22-19-21-16(11-25-19)14-10-20-15-8-4-2-6-12(14)15/h2-11,20H,1H3,(H,21,22,23). The van der Waals surface area contributed by atoms with Crippen LogP contribution < -0.4 is 10.1 Å². The zero-order valence-electron chi connectivity index (χ0n) is 13.4. The van der Waals surface area contributed by atoms with Crippen LogP contribution in [0.25, 0.3) is 22.2 Å². The van der Waals surface area contributed by atoms with Crippen molar-refractivity contribution in [3.05, 3.63) is 65.7 Å². The molecule has 6 heteroatoms. The van der Waals surface area contributed by atoms with Crippen LogP contribution in [0.1, 0.15) is 10.4 Å². The van der Waals surface area contributed by atoms with Crippen LogP contribution in [0, 0.1) is 0 Å². The van der Waals surface area contributed by atoms with Gasteiger partial charge in [-0.25, -0.2) is 4.98 Å². The molecule has 0 spiro atoms. The Hall–Kier alpha value is -3.12. The van der Waals surface area contributed by atoms with E-state index in [1.54, 1.807) is 25.3 Å². The van der Waals surface area contributed by atoms with Gasteiger partial charge < -0.3 is 9.72 Å². The van der Waals surface area contributed by atoms with E-state index in [9.17, 15) is 4.79 Å².